The first-order valence-corrected chi connectivity index (χ1v) is 7.19. The summed E-state index contributed by atoms with van der Waals surface area (Å²) in [6.07, 6.45) is -5.36. The maximum absolute atomic E-state index is 12.6. The Morgan fingerprint density at radius 2 is 1.88 bits per heavy atom. The van der Waals surface area contributed by atoms with E-state index in [1.807, 2.05) is 6.07 Å². The lowest BCUT2D eigenvalue weighted by molar-refractivity contribution is -0.137. The van der Waals surface area contributed by atoms with Crippen molar-refractivity contribution in [2.45, 2.75) is 19.2 Å². The molecule has 2 rings (SSSR count). The van der Waals surface area contributed by atoms with Gasteiger partial charge in [0.1, 0.15) is 5.75 Å². The summed E-state index contributed by atoms with van der Waals surface area (Å²) in [5.74, 6) is -0.178. The molecule has 1 amide bonds. The number of nitrogens with one attached hydrogen (secondary N) is 2. The number of hydrogen-bond acceptors (Lipinski definition) is 4. The van der Waals surface area contributed by atoms with Gasteiger partial charge in [0, 0.05) is 0 Å². The first-order chi connectivity index (χ1) is 11.8. The van der Waals surface area contributed by atoms with Crippen LogP contribution < -0.4 is 15.6 Å². The molecule has 0 radical (unpaired) electrons. The van der Waals surface area contributed by atoms with Gasteiger partial charge in [0.05, 0.1) is 22.9 Å². The fourth-order valence-corrected chi connectivity index (χ4v) is 1.87. The molecular weight excluding hydrogens is 335 g/mol. The molecule has 0 aliphatic rings. The van der Waals surface area contributed by atoms with Crippen LogP contribution in [-0.2, 0) is 11.0 Å². The van der Waals surface area contributed by atoms with Crippen molar-refractivity contribution in [2.24, 2.45) is 0 Å². The predicted molar refractivity (Wildman–Crippen MR) is 84.5 cm³/mol. The fourth-order valence-electron chi connectivity index (χ4n) is 1.87. The van der Waals surface area contributed by atoms with E-state index in [0.29, 0.717) is 11.3 Å². The van der Waals surface area contributed by atoms with Crippen molar-refractivity contribution in [2.75, 3.05) is 5.43 Å². The molecule has 2 aromatic carbocycles. The molecule has 1 unspecified atom stereocenters. The summed E-state index contributed by atoms with van der Waals surface area (Å²) in [5.41, 5.74) is 4.43. The van der Waals surface area contributed by atoms with Gasteiger partial charge in [0.2, 0.25) is 0 Å². The van der Waals surface area contributed by atoms with E-state index in [4.69, 9.17) is 10.00 Å². The highest BCUT2D eigenvalue weighted by molar-refractivity contribution is 5.81. The topological polar surface area (TPSA) is 74.1 Å². The quantitative estimate of drug-likeness (QED) is 0.811. The van der Waals surface area contributed by atoms with Gasteiger partial charge in [-0.3, -0.25) is 15.6 Å². The first-order valence-electron chi connectivity index (χ1n) is 7.19. The highest BCUT2D eigenvalue weighted by Gasteiger charge is 2.30. The maximum atomic E-state index is 12.6. The largest absolute Gasteiger partial charge is 0.481 e. The third-order valence-corrected chi connectivity index (χ3v) is 3.19. The molecule has 0 saturated carbocycles. The van der Waals surface area contributed by atoms with Gasteiger partial charge in [-0.2, -0.15) is 18.4 Å². The number of amides is 1. The Morgan fingerprint density at radius 3 is 2.48 bits per heavy atom. The number of halogens is 3. The number of benzene rings is 2. The second kappa shape index (κ2) is 7.57. The van der Waals surface area contributed by atoms with E-state index in [1.165, 1.54) is 19.1 Å². The summed E-state index contributed by atoms with van der Waals surface area (Å²) in [6, 6.07) is 12.6. The number of nitrogens with zero attached hydrogens (tertiary/aromatic N) is 1. The minimum atomic E-state index is -4.46. The van der Waals surface area contributed by atoms with Gasteiger partial charge < -0.3 is 4.74 Å². The van der Waals surface area contributed by atoms with Crippen LogP contribution in [0.25, 0.3) is 0 Å². The Kier molecular flexibility index (Phi) is 5.49. The molecule has 0 aliphatic heterocycles. The predicted octanol–water partition coefficient (Wildman–Crippen LogP) is 3.49. The Balaban J connectivity index is 1.92. The summed E-state index contributed by atoms with van der Waals surface area (Å²) in [5, 5.41) is 8.71. The minimum absolute atomic E-state index is 0.0914. The number of anilines is 1. The van der Waals surface area contributed by atoms with E-state index < -0.39 is 23.8 Å². The van der Waals surface area contributed by atoms with Crippen molar-refractivity contribution in [3.05, 3.63) is 59.7 Å². The molecule has 2 N–H and O–H groups in total. The summed E-state index contributed by atoms with van der Waals surface area (Å²) < 4.78 is 43.3. The van der Waals surface area contributed by atoms with Crippen LogP contribution in [0.3, 0.4) is 0 Å². The molecule has 130 valence electrons. The highest BCUT2D eigenvalue weighted by Crippen LogP contribution is 2.30. The number of carbonyl (C=O) groups is 1. The van der Waals surface area contributed by atoms with Crippen molar-refractivity contribution in [1.82, 2.24) is 5.43 Å². The van der Waals surface area contributed by atoms with Crippen molar-refractivity contribution in [3.63, 3.8) is 0 Å². The zero-order valence-corrected chi connectivity index (χ0v) is 13.1. The van der Waals surface area contributed by atoms with Gasteiger partial charge in [0.15, 0.2) is 6.10 Å². The number of hydrazine groups is 1. The van der Waals surface area contributed by atoms with E-state index >= 15 is 0 Å². The Labute approximate surface area is 142 Å². The van der Waals surface area contributed by atoms with Crippen LogP contribution in [0, 0.1) is 11.3 Å². The zero-order chi connectivity index (χ0) is 18.4. The Morgan fingerprint density at radius 1 is 1.20 bits per heavy atom. The van der Waals surface area contributed by atoms with Crippen molar-refractivity contribution < 1.29 is 22.7 Å². The monoisotopic (exact) mass is 349 g/mol. The fraction of sp³-hybridized carbons (Fsp3) is 0.176. The van der Waals surface area contributed by atoms with Gasteiger partial charge in [-0.05, 0) is 49.4 Å². The average Bonchev–Trinajstić information content (AvgIpc) is 2.59. The second-order valence-electron chi connectivity index (χ2n) is 5.09. The van der Waals surface area contributed by atoms with Crippen LogP contribution in [0.4, 0.5) is 18.9 Å². The van der Waals surface area contributed by atoms with Crippen LogP contribution in [-0.4, -0.2) is 12.0 Å². The van der Waals surface area contributed by atoms with E-state index in [9.17, 15) is 18.0 Å². The molecule has 0 fully saturated rings. The lowest BCUT2D eigenvalue weighted by Crippen LogP contribution is -2.39. The molecule has 0 spiro atoms. The normalized spacial score (nSPS) is 12.0. The average molecular weight is 349 g/mol. The number of carbonyl (C=O) groups excluding carboxylic acids is 1. The van der Waals surface area contributed by atoms with Gasteiger partial charge in [-0.1, -0.05) is 6.07 Å². The molecule has 2 aromatic rings. The van der Waals surface area contributed by atoms with E-state index in [0.717, 1.165) is 12.1 Å². The van der Waals surface area contributed by atoms with Crippen LogP contribution in [0.2, 0.25) is 0 Å². The third kappa shape index (κ3) is 5.14. The molecular formula is C17H14F3N3O2. The summed E-state index contributed by atoms with van der Waals surface area (Å²) in [4.78, 5) is 12.0. The summed E-state index contributed by atoms with van der Waals surface area (Å²) in [6.45, 7) is 1.49. The Bertz CT molecular complexity index is 783. The smallest absolute Gasteiger partial charge is 0.416 e. The lowest BCUT2D eigenvalue weighted by atomic mass is 10.2. The van der Waals surface area contributed by atoms with Crippen molar-refractivity contribution in [3.8, 4) is 11.8 Å². The van der Waals surface area contributed by atoms with E-state index in [1.54, 1.807) is 24.3 Å². The number of ether oxygens (including phenoxy) is 1. The molecule has 1 atom stereocenters. The van der Waals surface area contributed by atoms with Crippen LogP contribution in [0.1, 0.15) is 18.1 Å². The number of rotatable bonds is 5. The van der Waals surface area contributed by atoms with Gasteiger partial charge in [0.25, 0.3) is 5.91 Å². The molecule has 8 heteroatoms. The van der Waals surface area contributed by atoms with E-state index in [2.05, 4.69) is 10.9 Å². The van der Waals surface area contributed by atoms with Gasteiger partial charge >= 0.3 is 6.18 Å². The maximum Gasteiger partial charge on any atom is 0.416 e. The van der Waals surface area contributed by atoms with E-state index in [-0.39, 0.29) is 5.69 Å². The standard InChI is InChI=1S/C17H14F3N3O2/c1-11(25-15-7-5-12(10-21)6-8-15)16(24)23-22-14-4-2-3-13(9-14)17(18,19)20/h2-9,11,22H,1H3,(H,23,24). The van der Waals surface area contributed by atoms with Crippen LogP contribution in [0.15, 0.2) is 48.5 Å². The van der Waals surface area contributed by atoms with Crippen molar-refractivity contribution >= 4 is 11.6 Å². The second-order valence-corrected chi connectivity index (χ2v) is 5.09. The summed E-state index contributed by atoms with van der Waals surface area (Å²) in [7, 11) is 0. The van der Waals surface area contributed by atoms with Gasteiger partial charge in [-0.15, -0.1) is 0 Å². The highest BCUT2D eigenvalue weighted by atomic mass is 19.4. The molecule has 0 bridgehead atoms. The molecule has 0 aliphatic carbocycles. The number of hydrogen-bond donors (Lipinski definition) is 2. The third-order valence-electron chi connectivity index (χ3n) is 3.19. The SMILES string of the molecule is CC(Oc1ccc(C#N)cc1)C(=O)NNc1cccc(C(F)(F)F)c1. The molecule has 0 aromatic heterocycles. The molecule has 0 saturated heterocycles. The molecule has 5 nitrogen and oxygen atoms in total. The Hall–Kier alpha value is -3.21. The van der Waals surface area contributed by atoms with Gasteiger partial charge in [-0.25, -0.2) is 0 Å². The first kappa shape index (κ1) is 18.1. The molecule has 0 heterocycles. The number of nitriles is 1. The minimum Gasteiger partial charge on any atom is -0.481 e. The van der Waals surface area contributed by atoms with Crippen LogP contribution >= 0.6 is 0 Å². The lowest BCUT2D eigenvalue weighted by Gasteiger charge is -2.16. The van der Waals surface area contributed by atoms with Crippen molar-refractivity contribution in [1.29, 1.82) is 5.26 Å². The summed E-state index contributed by atoms with van der Waals surface area (Å²) >= 11 is 0. The molecule has 25 heavy (non-hydrogen) atoms. The zero-order valence-electron chi connectivity index (χ0n) is 13.1. The van der Waals surface area contributed by atoms with Crippen LogP contribution in [0.5, 0.6) is 5.75 Å². The number of alkyl halides is 3.